The normalized spacial score (nSPS) is 28.4. The average molecular weight is 223 g/mol. The first-order valence-electron chi connectivity index (χ1n) is 5.57. The predicted molar refractivity (Wildman–Crippen MR) is 58.9 cm³/mol. The zero-order chi connectivity index (χ0) is 11.9. The third kappa shape index (κ3) is 2.10. The topological polar surface area (TPSA) is 46.6 Å². The third-order valence-electron chi connectivity index (χ3n) is 2.89. The van der Waals surface area contributed by atoms with Crippen molar-refractivity contribution in [3.63, 3.8) is 0 Å². The lowest BCUT2D eigenvalue weighted by atomic mass is 10.00. The van der Waals surface area contributed by atoms with E-state index in [4.69, 9.17) is 4.74 Å². The first kappa shape index (κ1) is 11.2. The molecule has 0 spiro atoms. The van der Waals surface area contributed by atoms with Crippen LogP contribution in [0, 0.1) is 11.8 Å². The molecule has 0 aromatic rings. The van der Waals surface area contributed by atoms with E-state index < -0.39 is 5.60 Å². The smallest absolute Gasteiger partial charge is 0.410 e. The minimum Gasteiger partial charge on any atom is -0.444 e. The van der Waals surface area contributed by atoms with Gasteiger partial charge >= 0.3 is 6.09 Å². The molecule has 16 heavy (non-hydrogen) atoms. The predicted octanol–water partition coefficient (Wildman–Crippen LogP) is 1.61. The second-order valence-corrected chi connectivity index (χ2v) is 5.42. The second-order valence-electron chi connectivity index (χ2n) is 5.42. The number of amides is 1. The van der Waals surface area contributed by atoms with Gasteiger partial charge in [0, 0.05) is 24.9 Å². The summed E-state index contributed by atoms with van der Waals surface area (Å²) >= 11 is 0. The molecule has 0 aromatic heterocycles. The molecule has 0 unspecified atom stereocenters. The van der Waals surface area contributed by atoms with Crippen molar-refractivity contribution in [2.45, 2.75) is 26.4 Å². The van der Waals surface area contributed by atoms with Gasteiger partial charge in [0.25, 0.3) is 0 Å². The Morgan fingerprint density at radius 1 is 1.44 bits per heavy atom. The Morgan fingerprint density at radius 3 is 2.69 bits per heavy atom. The Labute approximate surface area is 95.2 Å². The maximum absolute atomic E-state index is 11.8. The van der Waals surface area contributed by atoms with Gasteiger partial charge in [-0.05, 0) is 26.8 Å². The van der Waals surface area contributed by atoms with Crippen molar-refractivity contribution < 1.29 is 14.3 Å². The molecule has 4 heteroatoms. The summed E-state index contributed by atoms with van der Waals surface area (Å²) < 4.78 is 5.27. The van der Waals surface area contributed by atoms with E-state index in [1.54, 1.807) is 11.0 Å². The lowest BCUT2D eigenvalue weighted by Gasteiger charge is -2.24. The van der Waals surface area contributed by atoms with E-state index in [1.165, 1.54) is 0 Å². The van der Waals surface area contributed by atoms with Crippen LogP contribution in [0.25, 0.3) is 0 Å². The van der Waals surface area contributed by atoms with E-state index in [0.717, 1.165) is 0 Å². The first-order valence-corrected chi connectivity index (χ1v) is 5.57. The molecule has 88 valence electrons. The Bertz CT molecular complexity index is 354. The van der Waals surface area contributed by atoms with Gasteiger partial charge in [0.2, 0.25) is 0 Å². The van der Waals surface area contributed by atoms with Gasteiger partial charge < -0.3 is 9.64 Å². The molecule has 0 bridgehead atoms. The molecule has 1 aliphatic carbocycles. The number of carbonyl (C=O) groups is 2. The highest BCUT2D eigenvalue weighted by Gasteiger charge is 2.41. The van der Waals surface area contributed by atoms with Crippen molar-refractivity contribution in [2.75, 3.05) is 13.1 Å². The monoisotopic (exact) mass is 223 g/mol. The van der Waals surface area contributed by atoms with E-state index in [-0.39, 0.29) is 23.7 Å². The van der Waals surface area contributed by atoms with Crippen LogP contribution in [0.5, 0.6) is 0 Å². The maximum atomic E-state index is 11.8. The summed E-state index contributed by atoms with van der Waals surface area (Å²) in [6, 6.07) is 0. The molecule has 1 fully saturated rings. The van der Waals surface area contributed by atoms with Gasteiger partial charge in [0.1, 0.15) is 5.60 Å². The molecule has 1 heterocycles. The van der Waals surface area contributed by atoms with Crippen LogP contribution in [0.2, 0.25) is 0 Å². The summed E-state index contributed by atoms with van der Waals surface area (Å²) in [7, 11) is 0. The van der Waals surface area contributed by atoms with Gasteiger partial charge in [0.15, 0.2) is 5.78 Å². The van der Waals surface area contributed by atoms with Crippen LogP contribution >= 0.6 is 0 Å². The van der Waals surface area contributed by atoms with Crippen LogP contribution in [0.15, 0.2) is 12.2 Å². The Kier molecular flexibility index (Phi) is 2.52. The number of carbonyl (C=O) groups excluding carboxylic acids is 2. The largest absolute Gasteiger partial charge is 0.444 e. The highest BCUT2D eigenvalue weighted by molar-refractivity contribution is 5.95. The number of nitrogens with zero attached hydrogens (tertiary/aromatic N) is 1. The number of hydrogen-bond acceptors (Lipinski definition) is 3. The summed E-state index contributed by atoms with van der Waals surface area (Å²) in [4.78, 5) is 24.8. The van der Waals surface area contributed by atoms with E-state index >= 15 is 0 Å². The highest BCUT2D eigenvalue weighted by Crippen LogP contribution is 2.31. The molecule has 2 atom stereocenters. The number of hydrogen-bond donors (Lipinski definition) is 0. The fourth-order valence-electron chi connectivity index (χ4n) is 2.14. The van der Waals surface area contributed by atoms with Crippen LogP contribution in [0.4, 0.5) is 4.79 Å². The van der Waals surface area contributed by atoms with Crippen molar-refractivity contribution in [1.29, 1.82) is 0 Å². The van der Waals surface area contributed by atoms with Crippen molar-refractivity contribution in [2.24, 2.45) is 11.8 Å². The molecule has 2 aliphatic rings. The van der Waals surface area contributed by atoms with E-state index in [2.05, 4.69) is 0 Å². The standard InChI is InChI=1S/C12H17NO3/c1-12(2,3)16-11(15)13-6-8-4-5-10(14)9(8)7-13/h4-5,8-9H,6-7H2,1-3H3/t8-,9+/m0/s1. The van der Waals surface area contributed by atoms with Gasteiger partial charge in [-0.1, -0.05) is 6.08 Å². The number of allylic oxidation sites excluding steroid dienone is 1. The fourth-order valence-corrected chi connectivity index (χ4v) is 2.14. The molecule has 1 amide bonds. The van der Waals surface area contributed by atoms with Gasteiger partial charge in [-0.2, -0.15) is 0 Å². The molecular formula is C12H17NO3. The molecule has 0 radical (unpaired) electrons. The number of ketones is 1. The SMILES string of the molecule is CC(C)(C)OC(=O)N1C[C@@H]2C=CC(=O)[C@@H]2C1. The Balaban J connectivity index is 1.97. The Morgan fingerprint density at radius 2 is 2.12 bits per heavy atom. The van der Waals surface area contributed by atoms with Crippen molar-refractivity contribution in [3.8, 4) is 0 Å². The summed E-state index contributed by atoms with van der Waals surface area (Å²) in [5.74, 6) is 0.295. The van der Waals surface area contributed by atoms with E-state index in [9.17, 15) is 9.59 Å². The average Bonchev–Trinajstić information content (AvgIpc) is 2.65. The Hall–Kier alpha value is -1.32. The number of rotatable bonds is 0. The second kappa shape index (κ2) is 3.61. The third-order valence-corrected chi connectivity index (χ3v) is 2.89. The van der Waals surface area contributed by atoms with Gasteiger partial charge in [-0.25, -0.2) is 4.79 Å². The summed E-state index contributed by atoms with van der Waals surface area (Å²) in [6.07, 6.45) is 3.21. The zero-order valence-electron chi connectivity index (χ0n) is 9.90. The highest BCUT2D eigenvalue weighted by atomic mass is 16.6. The van der Waals surface area contributed by atoms with Crippen molar-refractivity contribution in [3.05, 3.63) is 12.2 Å². The number of likely N-dealkylation sites (tertiary alicyclic amines) is 1. The summed E-state index contributed by atoms with van der Waals surface area (Å²) in [6.45, 7) is 6.61. The molecule has 4 nitrogen and oxygen atoms in total. The quantitative estimate of drug-likeness (QED) is 0.626. The maximum Gasteiger partial charge on any atom is 0.410 e. The number of fused-ring (bicyclic) bond motifs is 1. The van der Waals surface area contributed by atoms with Crippen molar-refractivity contribution >= 4 is 11.9 Å². The minimum atomic E-state index is -0.478. The van der Waals surface area contributed by atoms with E-state index in [0.29, 0.717) is 13.1 Å². The molecule has 0 saturated carbocycles. The first-order chi connectivity index (χ1) is 7.37. The molecule has 0 aromatic carbocycles. The van der Waals surface area contributed by atoms with Crippen LogP contribution in [0.1, 0.15) is 20.8 Å². The summed E-state index contributed by atoms with van der Waals surface area (Å²) in [5.41, 5.74) is -0.478. The van der Waals surface area contributed by atoms with Gasteiger partial charge in [-0.3, -0.25) is 4.79 Å². The van der Waals surface area contributed by atoms with Crippen molar-refractivity contribution in [1.82, 2.24) is 4.90 Å². The number of ether oxygens (including phenoxy) is 1. The fraction of sp³-hybridized carbons (Fsp3) is 0.667. The molecule has 0 N–H and O–H groups in total. The lowest BCUT2D eigenvalue weighted by Crippen LogP contribution is -2.36. The van der Waals surface area contributed by atoms with Crippen LogP contribution in [0.3, 0.4) is 0 Å². The molecule has 2 rings (SSSR count). The lowest BCUT2D eigenvalue weighted by molar-refractivity contribution is -0.117. The zero-order valence-corrected chi connectivity index (χ0v) is 9.90. The van der Waals surface area contributed by atoms with Crippen LogP contribution in [-0.2, 0) is 9.53 Å². The van der Waals surface area contributed by atoms with E-state index in [1.807, 2.05) is 26.8 Å². The minimum absolute atomic E-state index is 0.0347. The van der Waals surface area contributed by atoms with Gasteiger partial charge in [0.05, 0.1) is 0 Å². The summed E-state index contributed by atoms with van der Waals surface area (Å²) in [5, 5.41) is 0. The molecule has 1 aliphatic heterocycles. The molecular weight excluding hydrogens is 206 g/mol. The van der Waals surface area contributed by atoms with Crippen LogP contribution < -0.4 is 0 Å². The molecule has 1 saturated heterocycles. The van der Waals surface area contributed by atoms with Crippen LogP contribution in [-0.4, -0.2) is 35.5 Å². The van der Waals surface area contributed by atoms with Gasteiger partial charge in [-0.15, -0.1) is 0 Å².